The lowest BCUT2D eigenvalue weighted by molar-refractivity contribution is 0.0936. The molecular formula is C11H21NO3S. The van der Waals surface area contributed by atoms with Crippen molar-refractivity contribution in [1.82, 2.24) is 4.90 Å². The van der Waals surface area contributed by atoms with Crippen molar-refractivity contribution >= 4 is 9.84 Å². The summed E-state index contributed by atoms with van der Waals surface area (Å²) in [5.74, 6) is 0.621. The predicted molar refractivity (Wildman–Crippen MR) is 63.1 cm³/mol. The van der Waals surface area contributed by atoms with Crippen molar-refractivity contribution in [2.45, 2.75) is 44.2 Å². The monoisotopic (exact) mass is 247 g/mol. The van der Waals surface area contributed by atoms with E-state index in [1.807, 2.05) is 0 Å². The number of aliphatic hydroxyl groups excluding tert-OH is 1. The van der Waals surface area contributed by atoms with Crippen LogP contribution in [0.25, 0.3) is 0 Å². The third-order valence-electron chi connectivity index (χ3n) is 3.81. The molecule has 2 aliphatic rings. The van der Waals surface area contributed by atoms with Gasteiger partial charge >= 0.3 is 0 Å². The second-order valence-corrected chi connectivity index (χ2v) is 7.21. The lowest BCUT2D eigenvalue weighted by Crippen LogP contribution is -2.45. The van der Waals surface area contributed by atoms with Gasteiger partial charge in [0, 0.05) is 12.1 Å². The van der Waals surface area contributed by atoms with Crippen molar-refractivity contribution in [3.05, 3.63) is 0 Å². The van der Waals surface area contributed by atoms with Crippen molar-refractivity contribution in [1.29, 1.82) is 0 Å². The topological polar surface area (TPSA) is 57.6 Å². The standard InChI is InChI=1S/C11H21NO3S/c13-8-10-4-2-1-3-6-12(10)11-5-7-16(14,15)9-11/h10-11,13H,1-9H2. The van der Waals surface area contributed by atoms with Gasteiger partial charge in [-0.25, -0.2) is 8.42 Å². The summed E-state index contributed by atoms with van der Waals surface area (Å²) in [5.41, 5.74) is 0. The molecule has 1 N–H and O–H groups in total. The average Bonchev–Trinajstić information content (AvgIpc) is 2.50. The van der Waals surface area contributed by atoms with Crippen molar-refractivity contribution in [2.24, 2.45) is 0 Å². The van der Waals surface area contributed by atoms with Crippen LogP contribution in [0.3, 0.4) is 0 Å². The number of rotatable bonds is 2. The normalized spacial score (nSPS) is 36.1. The Morgan fingerprint density at radius 1 is 1.19 bits per heavy atom. The molecule has 2 unspecified atom stereocenters. The summed E-state index contributed by atoms with van der Waals surface area (Å²) < 4.78 is 23.0. The van der Waals surface area contributed by atoms with Crippen LogP contribution in [-0.4, -0.2) is 55.2 Å². The summed E-state index contributed by atoms with van der Waals surface area (Å²) in [6.45, 7) is 1.11. The Morgan fingerprint density at radius 3 is 2.62 bits per heavy atom. The minimum Gasteiger partial charge on any atom is -0.395 e. The first-order valence-corrected chi connectivity index (χ1v) is 8.01. The first kappa shape index (κ1) is 12.3. The van der Waals surface area contributed by atoms with Gasteiger partial charge in [0.25, 0.3) is 0 Å². The van der Waals surface area contributed by atoms with Crippen molar-refractivity contribution in [3.63, 3.8) is 0 Å². The Balaban J connectivity index is 2.05. The molecule has 2 atom stereocenters. The summed E-state index contributed by atoms with van der Waals surface area (Å²) in [6.07, 6.45) is 5.24. The van der Waals surface area contributed by atoms with Gasteiger partial charge < -0.3 is 5.11 Å². The van der Waals surface area contributed by atoms with E-state index in [1.54, 1.807) is 0 Å². The molecule has 0 aromatic rings. The van der Waals surface area contributed by atoms with Gasteiger partial charge in [0.15, 0.2) is 9.84 Å². The Kier molecular flexibility index (Phi) is 3.87. The number of sulfone groups is 1. The molecule has 0 aliphatic carbocycles. The maximum Gasteiger partial charge on any atom is 0.151 e. The van der Waals surface area contributed by atoms with E-state index in [1.165, 1.54) is 6.42 Å². The van der Waals surface area contributed by atoms with E-state index >= 15 is 0 Å². The maximum absolute atomic E-state index is 11.5. The second-order valence-electron chi connectivity index (χ2n) is 4.98. The van der Waals surface area contributed by atoms with Gasteiger partial charge in [0.2, 0.25) is 0 Å². The van der Waals surface area contributed by atoms with Gasteiger partial charge in [0.05, 0.1) is 18.1 Å². The third-order valence-corrected chi connectivity index (χ3v) is 5.56. The minimum atomic E-state index is -2.81. The minimum absolute atomic E-state index is 0.153. The van der Waals surface area contributed by atoms with Gasteiger partial charge in [-0.1, -0.05) is 12.8 Å². The second kappa shape index (κ2) is 5.02. The fraction of sp³-hybridized carbons (Fsp3) is 1.00. The van der Waals surface area contributed by atoms with E-state index in [4.69, 9.17) is 0 Å². The number of nitrogens with zero attached hydrogens (tertiary/aromatic N) is 1. The SMILES string of the molecule is O=S1(=O)CCC(N2CCCCCC2CO)C1. The van der Waals surface area contributed by atoms with Crippen LogP contribution in [0.5, 0.6) is 0 Å². The first-order valence-electron chi connectivity index (χ1n) is 6.19. The van der Waals surface area contributed by atoms with Crippen LogP contribution < -0.4 is 0 Å². The number of aliphatic hydroxyl groups is 1. The van der Waals surface area contributed by atoms with Gasteiger partial charge in [-0.3, -0.25) is 4.90 Å². The molecule has 2 aliphatic heterocycles. The maximum atomic E-state index is 11.5. The molecule has 2 heterocycles. The van der Waals surface area contributed by atoms with E-state index < -0.39 is 9.84 Å². The molecule has 0 aromatic heterocycles. The van der Waals surface area contributed by atoms with Crippen LogP contribution in [0.4, 0.5) is 0 Å². The molecule has 0 spiro atoms. The molecule has 0 aromatic carbocycles. The van der Waals surface area contributed by atoms with Gasteiger partial charge in [0.1, 0.15) is 0 Å². The van der Waals surface area contributed by atoms with Crippen molar-refractivity contribution in [2.75, 3.05) is 24.7 Å². The Bertz CT molecular complexity index is 328. The molecular weight excluding hydrogens is 226 g/mol. The lowest BCUT2D eigenvalue weighted by atomic mass is 10.1. The molecule has 0 amide bonds. The Hall–Kier alpha value is -0.130. The first-order chi connectivity index (χ1) is 7.62. The van der Waals surface area contributed by atoms with Gasteiger partial charge in [-0.15, -0.1) is 0 Å². The number of likely N-dealkylation sites (tertiary alicyclic amines) is 1. The molecule has 2 rings (SSSR count). The molecule has 0 bridgehead atoms. The van der Waals surface area contributed by atoms with Crippen LogP contribution in [0.15, 0.2) is 0 Å². The molecule has 2 fully saturated rings. The summed E-state index contributed by atoms with van der Waals surface area (Å²) >= 11 is 0. The third kappa shape index (κ3) is 2.76. The predicted octanol–water partition coefficient (Wildman–Crippen LogP) is 0.410. The number of hydrogen-bond acceptors (Lipinski definition) is 4. The van der Waals surface area contributed by atoms with Crippen LogP contribution in [0, 0.1) is 0 Å². The van der Waals surface area contributed by atoms with Crippen LogP contribution in [0.2, 0.25) is 0 Å². The van der Waals surface area contributed by atoms with E-state index in [2.05, 4.69) is 4.90 Å². The average molecular weight is 247 g/mol. The Labute approximate surface area is 97.6 Å². The fourth-order valence-electron chi connectivity index (χ4n) is 2.91. The quantitative estimate of drug-likeness (QED) is 0.768. The zero-order chi connectivity index (χ0) is 11.6. The van der Waals surface area contributed by atoms with Crippen molar-refractivity contribution < 1.29 is 13.5 Å². The summed E-state index contributed by atoms with van der Waals surface area (Å²) in [6, 6.07) is 0.334. The highest BCUT2D eigenvalue weighted by atomic mass is 32.2. The molecule has 16 heavy (non-hydrogen) atoms. The fourth-order valence-corrected chi connectivity index (χ4v) is 4.66. The molecule has 0 saturated carbocycles. The zero-order valence-corrected chi connectivity index (χ0v) is 10.5. The van der Waals surface area contributed by atoms with Crippen LogP contribution in [0.1, 0.15) is 32.1 Å². The van der Waals surface area contributed by atoms with E-state index in [0.717, 1.165) is 32.2 Å². The number of hydrogen-bond donors (Lipinski definition) is 1. The highest BCUT2D eigenvalue weighted by Crippen LogP contribution is 2.25. The molecule has 2 saturated heterocycles. The largest absolute Gasteiger partial charge is 0.395 e. The molecule has 94 valence electrons. The van der Waals surface area contributed by atoms with Gasteiger partial charge in [-0.2, -0.15) is 0 Å². The Morgan fingerprint density at radius 2 is 2.00 bits per heavy atom. The van der Waals surface area contributed by atoms with E-state index in [9.17, 15) is 13.5 Å². The van der Waals surface area contributed by atoms with E-state index in [-0.39, 0.29) is 18.7 Å². The molecule has 5 heteroatoms. The summed E-state index contributed by atoms with van der Waals surface area (Å²) in [4.78, 5) is 2.25. The van der Waals surface area contributed by atoms with Crippen molar-refractivity contribution in [3.8, 4) is 0 Å². The summed E-state index contributed by atoms with van der Waals surface area (Å²) in [5, 5.41) is 9.39. The van der Waals surface area contributed by atoms with Crippen LogP contribution >= 0.6 is 0 Å². The molecule has 0 radical (unpaired) electrons. The van der Waals surface area contributed by atoms with E-state index in [0.29, 0.717) is 11.5 Å². The molecule has 4 nitrogen and oxygen atoms in total. The van der Waals surface area contributed by atoms with Gasteiger partial charge in [-0.05, 0) is 25.8 Å². The zero-order valence-electron chi connectivity index (χ0n) is 9.64. The summed E-state index contributed by atoms with van der Waals surface area (Å²) in [7, 11) is -2.81. The lowest BCUT2D eigenvalue weighted by Gasteiger charge is -2.33. The highest BCUT2D eigenvalue weighted by Gasteiger charge is 2.35. The van der Waals surface area contributed by atoms with Crippen LogP contribution in [-0.2, 0) is 9.84 Å². The highest BCUT2D eigenvalue weighted by molar-refractivity contribution is 7.91. The smallest absolute Gasteiger partial charge is 0.151 e.